The summed E-state index contributed by atoms with van der Waals surface area (Å²) in [5, 5.41) is 3.69. The normalized spacial score (nSPS) is 13.2. The van der Waals surface area contributed by atoms with Crippen LogP contribution in [0.2, 0.25) is 0 Å². The van der Waals surface area contributed by atoms with Crippen LogP contribution >= 0.6 is 0 Å². The van der Waals surface area contributed by atoms with Crippen molar-refractivity contribution in [3.05, 3.63) is 35.9 Å². The standard InChI is InChI=1S/C16H28N2/c1-14(2)16(15-10-6-5-7-11-15)17-12-8-9-13-18(3)4/h5-7,10-11,14,16-17H,8-9,12-13H2,1-4H3. The Morgan fingerprint density at radius 1 is 1.06 bits per heavy atom. The summed E-state index contributed by atoms with van der Waals surface area (Å²) in [6, 6.07) is 11.2. The molecule has 0 aliphatic carbocycles. The summed E-state index contributed by atoms with van der Waals surface area (Å²) < 4.78 is 0. The van der Waals surface area contributed by atoms with Crippen LogP contribution < -0.4 is 5.32 Å². The molecule has 2 nitrogen and oxygen atoms in total. The fourth-order valence-corrected chi connectivity index (χ4v) is 2.21. The number of rotatable bonds is 8. The van der Waals surface area contributed by atoms with Crippen molar-refractivity contribution in [2.75, 3.05) is 27.2 Å². The largest absolute Gasteiger partial charge is 0.310 e. The Kier molecular flexibility index (Phi) is 6.99. The molecule has 0 saturated carbocycles. The molecular weight excluding hydrogens is 220 g/mol. The van der Waals surface area contributed by atoms with Crippen molar-refractivity contribution >= 4 is 0 Å². The molecule has 0 aliphatic heterocycles. The van der Waals surface area contributed by atoms with Gasteiger partial charge in [0, 0.05) is 6.04 Å². The molecule has 0 amide bonds. The van der Waals surface area contributed by atoms with Gasteiger partial charge < -0.3 is 10.2 Å². The molecule has 0 saturated heterocycles. The zero-order valence-corrected chi connectivity index (χ0v) is 12.3. The smallest absolute Gasteiger partial charge is 0.0343 e. The fourth-order valence-electron chi connectivity index (χ4n) is 2.21. The molecule has 1 N–H and O–H groups in total. The average molecular weight is 248 g/mol. The first-order valence-electron chi connectivity index (χ1n) is 7.04. The molecule has 102 valence electrons. The van der Waals surface area contributed by atoms with Crippen LogP contribution in [0.1, 0.15) is 38.3 Å². The van der Waals surface area contributed by atoms with Gasteiger partial charge in [-0.3, -0.25) is 0 Å². The van der Waals surface area contributed by atoms with Crippen LogP contribution in [-0.4, -0.2) is 32.1 Å². The number of hydrogen-bond donors (Lipinski definition) is 1. The minimum atomic E-state index is 0.477. The number of hydrogen-bond acceptors (Lipinski definition) is 2. The summed E-state index contributed by atoms with van der Waals surface area (Å²) in [6.45, 7) is 6.85. The quantitative estimate of drug-likeness (QED) is 0.710. The van der Waals surface area contributed by atoms with Gasteiger partial charge in [0.1, 0.15) is 0 Å². The Balaban J connectivity index is 2.36. The van der Waals surface area contributed by atoms with E-state index in [0.29, 0.717) is 12.0 Å². The highest BCUT2D eigenvalue weighted by molar-refractivity contribution is 5.19. The summed E-state index contributed by atoms with van der Waals surface area (Å²) in [6.07, 6.45) is 2.51. The third-order valence-corrected chi connectivity index (χ3v) is 3.22. The van der Waals surface area contributed by atoms with Crippen molar-refractivity contribution < 1.29 is 0 Å². The Morgan fingerprint density at radius 3 is 2.28 bits per heavy atom. The molecule has 0 aromatic heterocycles. The first-order valence-corrected chi connectivity index (χ1v) is 7.04. The first kappa shape index (κ1) is 15.2. The van der Waals surface area contributed by atoms with Crippen LogP contribution in [0.3, 0.4) is 0 Å². The molecule has 0 radical (unpaired) electrons. The van der Waals surface area contributed by atoms with E-state index in [1.165, 1.54) is 24.9 Å². The maximum absolute atomic E-state index is 3.69. The molecule has 0 heterocycles. The predicted molar refractivity (Wildman–Crippen MR) is 79.8 cm³/mol. The van der Waals surface area contributed by atoms with E-state index in [4.69, 9.17) is 0 Å². The third-order valence-electron chi connectivity index (χ3n) is 3.22. The zero-order valence-electron chi connectivity index (χ0n) is 12.3. The van der Waals surface area contributed by atoms with Gasteiger partial charge in [-0.25, -0.2) is 0 Å². The minimum Gasteiger partial charge on any atom is -0.310 e. The second-order valence-corrected chi connectivity index (χ2v) is 5.60. The topological polar surface area (TPSA) is 15.3 Å². The van der Waals surface area contributed by atoms with Gasteiger partial charge in [-0.2, -0.15) is 0 Å². The number of nitrogens with zero attached hydrogens (tertiary/aromatic N) is 1. The van der Waals surface area contributed by atoms with Gasteiger partial charge in [0.25, 0.3) is 0 Å². The molecule has 0 aliphatic rings. The summed E-state index contributed by atoms with van der Waals surface area (Å²) in [5.41, 5.74) is 1.40. The number of nitrogens with one attached hydrogen (secondary N) is 1. The van der Waals surface area contributed by atoms with Crippen molar-refractivity contribution in [3.8, 4) is 0 Å². The van der Waals surface area contributed by atoms with Crippen LogP contribution in [0.4, 0.5) is 0 Å². The molecule has 1 atom stereocenters. The molecule has 2 heteroatoms. The Bertz CT molecular complexity index is 306. The van der Waals surface area contributed by atoms with Crippen LogP contribution in [0.15, 0.2) is 30.3 Å². The highest BCUT2D eigenvalue weighted by Crippen LogP contribution is 2.21. The second-order valence-electron chi connectivity index (χ2n) is 5.60. The van der Waals surface area contributed by atoms with Crippen LogP contribution in [-0.2, 0) is 0 Å². The van der Waals surface area contributed by atoms with E-state index in [2.05, 4.69) is 68.5 Å². The molecule has 1 aromatic carbocycles. The van der Waals surface area contributed by atoms with Crippen LogP contribution in [0.25, 0.3) is 0 Å². The molecule has 0 fully saturated rings. The molecule has 0 spiro atoms. The summed E-state index contributed by atoms with van der Waals surface area (Å²) in [4.78, 5) is 2.25. The highest BCUT2D eigenvalue weighted by atomic mass is 15.0. The van der Waals surface area contributed by atoms with Gasteiger partial charge in [-0.15, -0.1) is 0 Å². The molecule has 1 aromatic rings. The molecular formula is C16H28N2. The van der Waals surface area contributed by atoms with Crippen molar-refractivity contribution in [3.63, 3.8) is 0 Å². The van der Waals surface area contributed by atoms with Gasteiger partial charge in [0.15, 0.2) is 0 Å². The van der Waals surface area contributed by atoms with E-state index in [1.807, 2.05) is 0 Å². The maximum atomic E-state index is 3.69. The third kappa shape index (κ3) is 5.65. The first-order chi connectivity index (χ1) is 8.61. The molecule has 1 unspecified atom stereocenters. The van der Waals surface area contributed by atoms with E-state index in [9.17, 15) is 0 Å². The van der Waals surface area contributed by atoms with E-state index in [0.717, 1.165) is 6.54 Å². The summed E-state index contributed by atoms with van der Waals surface area (Å²) >= 11 is 0. The van der Waals surface area contributed by atoms with E-state index in [-0.39, 0.29) is 0 Å². The van der Waals surface area contributed by atoms with Crippen LogP contribution in [0.5, 0.6) is 0 Å². The Hall–Kier alpha value is -0.860. The SMILES string of the molecule is CC(C)C(NCCCCN(C)C)c1ccccc1. The molecule has 18 heavy (non-hydrogen) atoms. The second kappa shape index (κ2) is 8.28. The fraction of sp³-hybridized carbons (Fsp3) is 0.625. The molecule has 0 bridgehead atoms. The zero-order chi connectivity index (χ0) is 13.4. The monoisotopic (exact) mass is 248 g/mol. The lowest BCUT2D eigenvalue weighted by Gasteiger charge is -2.23. The average Bonchev–Trinajstić information content (AvgIpc) is 2.34. The Labute approximate surface area is 112 Å². The lowest BCUT2D eigenvalue weighted by Crippen LogP contribution is -2.27. The van der Waals surface area contributed by atoms with Crippen LogP contribution in [0, 0.1) is 5.92 Å². The lowest BCUT2D eigenvalue weighted by molar-refractivity contribution is 0.373. The van der Waals surface area contributed by atoms with E-state index in [1.54, 1.807) is 0 Å². The van der Waals surface area contributed by atoms with Gasteiger partial charge in [0.2, 0.25) is 0 Å². The summed E-state index contributed by atoms with van der Waals surface area (Å²) in [7, 11) is 4.27. The van der Waals surface area contributed by atoms with Crippen molar-refractivity contribution in [1.82, 2.24) is 10.2 Å². The predicted octanol–water partition coefficient (Wildman–Crippen LogP) is 3.32. The minimum absolute atomic E-state index is 0.477. The van der Waals surface area contributed by atoms with Crippen molar-refractivity contribution in [2.24, 2.45) is 5.92 Å². The number of benzene rings is 1. The van der Waals surface area contributed by atoms with Crippen molar-refractivity contribution in [2.45, 2.75) is 32.7 Å². The highest BCUT2D eigenvalue weighted by Gasteiger charge is 2.13. The van der Waals surface area contributed by atoms with E-state index < -0.39 is 0 Å². The van der Waals surface area contributed by atoms with Gasteiger partial charge >= 0.3 is 0 Å². The molecule has 1 rings (SSSR count). The van der Waals surface area contributed by atoms with E-state index >= 15 is 0 Å². The van der Waals surface area contributed by atoms with Gasteiger partial charge in [0.05, 0.1) is 0 Å². The Morgan fingerprint density at radius 2 is 1.72 bits per heavy atom. The van der Waals surface area contributed by atoms with Gasteiger partial charge in [-0.05, 0) is 51.5 Å². The summed E-state index contributed by atoms with van der Waals surface area (Å²) in [5.74, 6) is 0.626. The van der Waals surface area contributed by atoms with Crippen molar-refractivity contribution in [1.29, 1.82) is 0 Å². The lowest BCUT2D eigenvalue weighted by atomic mass is 9.96. The number of unbranched alkanes of at least 4 members (excludes halogenated alkanes) is 1. The van der Waals surface area contributed by atoms with Gasteiger partial charge in [-0.1, -0.05) is 44.2 Å². The maximum Gasteiger partial charge on any atom is 0.0343 e.